The number of benzene rings is 7. The molecule has 7 aromatic carbocycles. The van der Waals surface area contributed by atoms with Crippen LogP contribution in [-0.2, 0) is 30.1 Å². The lowest BCUT2D eigenvalue weighted by Crippen LogP contribution is -2.49. The van der Waals surface area contributed by atoms with Gasteiger partial charge in [0.1, 0.15) is 0 Å². The molecule has 0 amide bonds. The smallest absolute Gasteiger partial charge is 0.0505 e. The predicted molar refractivity (Wildman–Crippen MR) is 255 cm³/mol. The number of hydrogen-bond acceptors (Lipinski definition) is 2. The Bertz CT molecular complexity index is 2830. The van der Waals surface area contributed by atoms with Crippen molar-refractivity contribution in [2.24, 2.45) is 29.6 Å². The maximum absolute atomic E-state index is 2.81. The number of anilines is 6. The van der Waals surface area contributed by atoms with E-state index in [-0.39, 0.29) is 10.8 Å². The summed E-state index contributed by atoms with van der Waals surface area (Å²) in [4.78, 5) is 5.39. The van der Waals surface area contributed by atoms with Gasteiger partial charge in [-0.25, -0.2) is 0 Å². The Morgan fingerprint density at radius 3 is 1.56 bits per heavy atom. The molecule has 2 nitrogen and oxygen atoms in total. The quantitative estimate of drug-likeness (QED) is 0.158. The first-order chi connectivity index (χ1) is 30.6. The van der Waals surface area contributed by atoms with Gasteiger partial charge < -0.3 is 9.80 Å². The molecule has 0 aliphatic heterocycles. The van der Waals surface area contributed by atoms with Gasteiger partial charge in [-0.05, 0) is 210 Å². The topological polar surface area (TPSA) is 6.48 Å². The van der Waals surface area contributed by atoms with Crippen LogP contribution < -0.4 is 9.80 Å². The van der Waals surface area contributed by atoms with Crippen LogP contribution in [0, 0.1) is 29.6 Å². The first-order valence-corrected chi connectivity index (χ1v) is 23.9. The highest BCUT2D eigenvalue weighted by molar-refractivity contribution is 5.89. The molecule has 0 heterocycles. The van der Waals surface area contributed by atoms with Gasteiger partial charge in [0.15, 0.2) is 0 Å². The summed E-state index contributed by atoms with van der Waals surface area (Å²) in [5.74, 6) is 3.77. The van der Waals surface area contributed by atoms with Crippen molar-refractivity contribution in [2.45, 2.75) is 81.5 Å². The lowest BCUT2D eigenvalue weighted by atomic mass is 9.48. The molecule has 0 aromatic heterocycles. The average molecular weight is 803 g/mol. The molecule has 8 aliphatic carbocycles. The number of fused-ring (bicyclic) bond motifs is 5. The molecule has 2 heteroatoms. The molecular weight excluding hydrogens is 749 g/mol. The Balaban J connectivity index is 1.02. The SMILES string of the molecule is c1ccc(N(c2ccccc2)c2cccc3c2C24c5c(cccc5N(c5ccc6c(c5)Cc5ccccc5-6)c5ccccc5C56CC7CC(CC(C7)C5)C6)CC2CCC4C3)cc1. The fourth-order valence-electron chi connectivity index (χ4n) is 15.8. The maximum Gasteiger partial charge on any atom is 0.0505 e. The van der Waals surface area contributed by atoms with E-state index in [1.54, 1.807) is 27.8 Å². The zero-order chi connectivity index (χ0) is 40.6. The third kappa shape index (κ3) is 4.98. The van der Waals surface area contributed by atoms with E-state index >= 15 is 0 Å². The highest BCUT2D eigenvalue weighted by Gasteiger charge is 2.62. The fourth-order valence-corrected chi connectivity index (χ4v) is 15.8. The van der Waals surface area contributed by atoms with E-state index in [2.05, 4.69) is 174 Å². The molecule has 1 spiro atoms. The summed E-state index contributed by atoms with van der Waals surface area (Å²) in [5, 5.41) is 0. The van der Waals surface area contributed by atoms with Crippen molar-refractivity contribution >= 4 is 34.1 Å². The second-order valence-electron chi connectivity index (χ2n) is 20.6. The Hall–Kier alpha value is -5.86. The molecule has 15 rings (SSSR count). The summed E-state index contributed by atoms with van der Waals surface area (Å²) in [6.45, 7) is 0. The Morgan fingerprint density at radius 1 is 0.403 bits per heavy atom. The standard InChI is InChI=1S/C60H54N2/c1-3-16-48(17-4-1)61(49-18-5-2-6-19-49)55-23-11-14-43-33-46-25-26-47-34-44-15-12-24-56(58(44)60(46,47)57(43)55)62(50-27-28-52-45(35-50)32-42-13-7-8-20-51(42)52)54-22-10-9-21-53(54)59-36-39-29-40(37-59)31-41(30-39)38-59/h1-24,27-28,35,39-41,46-47H,25-26,29-34,36-38H2. The monoisotopic (exact) mass is 802 g/mol. The van der Waals surface area contributed by atoms with E-state index in [9.17, 15) is 0 Å². The summed E-state index contributed by atoms with van der Waals surface area (Å²) in [6, 6.07) is 63.4. The summed E-state index contributed by atoms with van der Waals surface area (Å²) in [6.07, 6.45) is 14.3. The molecule has 0 radical (unpaired) electrons. The molecule has 304 valence electrons. The van der Waals surface area contributed by atoms with Crippen molar-refractivity contribution in [2.75, 3.05) is 9.80 Å². The molecule has 0 N–H and O–H groups in total. The minimum absolute atomic E-state index is 0.0828. The fraction of sp³-hybridized carbons (Fsp3) is 0.300. The van der Waals surface area contributed by atoms with Gasteiger partial charge in [-0.1, -0.05) is 109 Å². The van der Waals surface area contributed by atoms with Gasteiger partial charge in [0.05, 0.1) is 11.4 Å². The molecule has 7 aromatic rings. The van der Waals surface area contributed by atoms with Crippen molar-refractivity contribution in [1.82, 2.24) is 0 Å². The first kappa shape index (κ1) is 35.7. The molecule has 5 saturated carbocycles. The Labute approximate surface area is 367 Å². The van der Waals surface area contributed by atoms with Crippen LogP contribution in [0.3, 0.4) is 0 Å². The highest BCUT2D eigenvalue weighted by atomic mass is 15.2. The molecule has 62 heavy (non-hydrogen) atoms. The predicted octanol–water partition coefficient (Wildman–Crippen LogP) is 15.1. The molecule has 3 atom stereocenters. The zero-order valence-corrected chi connectivity index (χ0v) is 35.6. The third-order valence-electron chi connectivity index (χ3n) is 17.5. The van der Waals surface area contributed by atoms with Gasteiger partial charge in [-0.15, -0.1) is 0 Å². The number of hydrogen-bond donors (Lipinski definition) is 0. The van der Waals surface area contributed by atoms with Crippen LogP contribution >= 0.6 is 0 Å². The van der Waals surface area contributed by atoms with E-state index in [4.69, 9.17) is 0 Å². The zero-order valence-electron chi connectivity index (χ0n) is 35.6. The highest BCUT2D eigenvalue weighted by Crippen LogP contribution is 2.69. The summed E-state index contributed by atoms with van der Waals surface area (Å²) in [7, 11) is 0. The van der Waals surface area contributed by atoms with E-state index in [0.29, 0.717) is 11.8 Å². The van der Waals surface area contributed by atoms with Gasteiger partial charge in [-0.2, -0.15) is 0 Å². The molecular formula is C60H54N2. The average Bonchev–Trinajstić information content (AvgIpc) is 4.04. The Kier molecular flexibility index (Phi) is 7.67. The van der Waals surface area contributed by atoms with E-state index in [0.717, 1.165) is 37.0 Å². The molecule has 5 fully saturated rings. The van der Waals surface area contributed by atoms with Crippen LogP contribution in [0.1, 0.15) is 90.3 Å². The van der Waals surface area contributed by atoms with E-state index in [1.165, 1.54) is 108 Å². The lowest BCUT2D eigenvalue weighted by molar-refractivity contribution is -0.00491. The van der Waals surface area contributed by atoms with Crippen molar-refractivity contribution in [1.29, 1.82) is 0 Å². The summed E-state index contributed by atoms with van der Waals surface area (Å²) in [5.41, 5.74) is 21.8. The van der Waals surface area contributed by atoms with Crippen molar-refractivity contribution in [3.8, 4) is 11.1 Å². The first-order valence-electron chi connectivity index (χ1n) is 23.9. The van der Waals surface area contributed by atoms with Crippen LogP contribution in [-0.4, -0.2) is 0 Å². The minimum atomic E-state index is -0.0828. The molecule has 8 aliphatic rings. The van der Waals surface area contributed by atoms with Crippen molar-refractivity contribution in [3.63, 3.8) is 0 Å². The van der Waals surface area contributed by atoms with Gasteiger partial charge in [0.25, 0.3) is 0 Å². The van der Waals surface area contributed by atoms with Gasteiger partial charge in [-0.3, -0.25) is 0 Å². The maximum atomic E-state index is 2.81. The molecule has 3 unspecified atom stereocenters. The van der Waals surface area contributed by atoms with Gasteiger partial charge in [0.2, 0.25) is 0 Å². The molecule has 0 saturated heterocycles. The molecule has 4 bridgehead atoms. The van der Waals surface area contributed by atoms with Gasteiger partial charge in [0, 0.05) is 28.2 Å². The minimum Gasteiger partial charge on any atom is -0.310 e. The number of para-hydroxylation sites is 3. The van der Waals surface area contributed by atoms with Crippen LogP contribution in [0.5, 0.6) is 0 Å². The van der Waals surface area contributed by atoms with E-state index < -0.39 is 0 Å². The third-order valence-corrected chi connectivity index (χ3v) is 17.5. The normalized spacial score (nSPS) is 27.6. The van der Waals surface area contributed by atoms with Crippen LogP contribution in [0.2, 0.25) is 0 Å². The lowest BCUT2D eigenvalue weighted by Gasteiger charge is -2.57. The largest absolute Gasteiger partial charge is 0.310 e. The van der Waals surface area contributed by atoms with Crippen molar-refractivity contribution < 1.29 is 0 Å². The van der Waals surface area contributed by atoms with Crippen molar-refractivity contribution in [3.05, 3.63) is 203 Å². The van der Waals surface area contributed by atoms with E-state index in [1.807, 2.05) is 0 Å². The summed E-state index contributed by atoms with van der Waals surface area (Å²) < 4.78 is 0. The second-order valence-corrected chi connectivity index (χ2v) is 20.6. The van der Waals surface area contributed by atoms with Crippen LogP contribution in [0.4, 0.5) is 34.1 Å². The van der Waals surface area contributed by atoms with Crippen LogP contribution in [0.25, 0.3) is 11.1 Å². The summed E-state index contributed by atoms with van der Waals surface area (Å²) >= 11 is 0. The van der Waals surface area contributed by atoms with Crippen LogP contribution in [0.15, 0.2) is 164 Å². The second kappa shape index (κ2) is 13.3. The Morgan fingerprint density at radius 2 is 0.919 bits per heavy atom. The number of rotatable bonds is 7. The van der Waals surface area contributed by atoms with Gasteiger partial charge >= 0.3 is 0 Å². The number of nitrogens with zero attached hydrogens (tertiary/aromatic N) is 2.